The van der Waals surface area contributed by atoms with Gasteiger partial charge in [0.2, 0.25) is 0 Å². The minimum absolute atomic E-state index is 0.294. The number of nitrogens with zero attached hydrogens (tertiary/aromatic N) is 1. The number of carbonyl (C=O) groups is 1. The predicted molar refractivity (Wildman–Crippen MR) is 72.8 cm³/mol. The second-order valence-corrected chi connectivity index (χ2v) is 5.96. The summed E-state index contributed by atoms with van der Waals surface area (Å²) >= 11 is 0. The maximum atomic E-state index is 11.7. The van der Waals surface area contributed by atoms with Crippen LogP contribution in [0.25, 0.3) is 0 Å². The first-order valence-corrected chi connectivity index (χ1v) is 7.35. The third-order valence-electron chi connectivity index (χ3n) is 4.03. The number of fused-ring (bicyclic) bond motifs is 2. The maximum absolute atomic E-state index is 11.7. The molecule has 2 aliphatic rings. The molecular weight excluding hydrogens is 244 g/mol. The van der Waals surface area contributed by atoms with Gasteiger partial charge in [-0.15, -0.1) is 0 Å². The zero-order valence-electron chi connectivity index (χ0n) is 12.1. The van der Waals surface area contributed by atoms with Gasteiger partial charge in [0.05, 0.1) is 18.8 Å². The first-order chi connectivity index (χ1) is 9.01. The SMILES string of the molecule is CCOC(=O)C(C)(N)CCCN1CC2CCC(C1)O2. The second-order valence-electron chi connectivity index (χ2n) is 5.96. The number of morpholine rings is 1. The number of carbonyl (C=O) groups excluding carboxylic acids is 1. The molecule has 0 aromatic rings. The number of esters is 1. The van der Waals surface area contributed by atoms with Crippen LogP contribution in [0.1, 0.15) is 39.5 Å². The zero-order valence-corrected chi connectivity index (χ0v) is 12.1. The van der Waals surface area contributed by atoms with Gasteiger partial charge in [0.1, 0.15) is 5.54 Å². The fourth-order valence-corrected chi connectivity index (χ4v) is 2.95. The largest absolute Gasteiger partial charge is 0.465 e. The lowest BCUT2D eigenvalue weighted by atomic mass is 9.97. The number of ether oxygens (including phenoxy) is 2. The van der Waals surface area contributed by atoms with Gasteiger partial charge in [0.25, 0.3) is 0 Å². The smallest absolute Gasteiger partial charge is 0.325 e. The summed E-state index contributed by atoms with van der Waals surface area (Å²) in [5, 5.41) is 0. The highest BCUT2D eigenvalue weighted by atomic mass is 16.5. The van der Waals surface area contributed by atoms with Crippen molar-refractivity contribution in [2.75, 3.05) is 26.2 Å². The van der Waals surface area contributed by atoms with Crippen molar-refractivity contribution in [1.29, 1.82) is 0 Å². The lowest BCUT2D eigenvalue weighted by Crippen LogP contribution is -2.47. The summed E-state index contributed by atoms with van der Waals surface area (Å²) in [6, 6.07) is 0. The highest BCUT2D eigenvalue weighted by Crippen LogP contribution is 2.26. The van der Waals surface area contributed by atoms with Gasteiger partial charge in [-0.05, 0) is 46.1 Å². The zero-order chi connectivity index (χ0) is 13.9. The van der Waals surface area contributed by atoms with E-state index in [2.05, 4.69) is 4.90 Å². The molecular formula is C14H26N2O3. The summed E-state index contributed by atoms with van der Waals surface area (Å²) in [6.45, 7) is 6.99. The minimum atomic E-state index is -0.860. The van der Waals surface area contributed by atoms with Crippen LogP contribution in [-0.4, -0.2) is 54.9 Å². The van der Waals surface area contributed by atoms with Crippen LogP contribution in [0.15, 0.2) is 0 Å². The molecule has 0 spiro atoms. The highest BCUT2D eigenvalue weighted by Gasteiger charge is 2.34. The van der Waals surface area contributed by atoms with E-state index in [-0.39, 0.29) is 5.97 Å². The van der Waals surface area contributed by atoms with Gasteiger partial charge in [0.15, 0.2) is 0 Å². The van der Waals surface area contributed by atoms with E-state index >= 15 is 0 Å². The van der Waals surface area contributed by atoms with Crippen molar-refractivity contribution in [1.82, 2.24) is 4.90 Å². The molecule has 0 aromatic heterocycles. The Kier molecular flexibility index (Phi) is 4.81. The summed E-state index contributed by atoms with van der Waals surface area (Å²) in [5.41, 5.74) is 5.15. The van der Waals surface area contributed by atoms with E-state index in [4.69, 9.17) is 15.2 Å². The Balaban J connectivity index is 1.70. The molecule has 2 N–H and O–H groups in total. The molecule has 2 saturated heterocycles. The molecule has 2 fully saturated rings. The van der Waals surface area contributed by atoms with Crippen LogP contribution in [0.3, 0.4) is 0 Å². The Morgan fingerprint density at radius 2 is 2.05 bits per heavy atom. The molecule has 2 bridgehead atoms. The molecule has 0 radical (unpaired) electrons. The molecule has 19 heavy (non-hydrogen) atoms. The van der Waals surface area contributed by atoms with Crippen LogP contribution in [0.4, 0.5) is 0 Å². The fraction of sp³-hybridized carbons (Fsp3) is 0.929. The predicted octanol–water partition coefficient (Wildman–Crippen LogP) is 0.910. The molecule has 0 aliphatic carbocycles. The van der Waals surface area contributed by atoms with Crippen LogP contribution in [-0.2, 0) is 14.3 Å². The highest BCUT2D eigenvalue weighted by molar-refractivity contribution is 5.79. The van der Waals surface area contributed by atoms with Gasteiger partial charge in [-0.25, -0.2) is 0 Å². The standard InChI is InChI=1S/C14H26N2O3/c1-3-18-13(17)14(2,15)7-4-8-16-9-11-5-6-12(10-16)19-11/h11-12H,3-10,15H2,1-2H3. The first-order valence-electron chi connectivity index (χ1n) is 7.35. The number of nitrogens with two attached hydrogens (primary N) is 1. The van der Waals surface area contributed by atoms with E-state index in [1.54, 1.807) is 13.8 Å². The number of likely N-dealkylation sites (tertiary alicyclic amines) is 1. The molecule has 5 heteroatoms. The monoisotopic (exact) mass is 270 g/mol. The van der Waals surface area contributed by atoms with E-state index < -0.39 is 5.54 Å². The minimum Gasteiger partial charge on any atom is -0.465 e. The Bertz CT molecular complexity index is 308. The van der Waals surface area contributed by atoms with E-state index in [1.165, 1.54) is 12.8 Å². The van der Waals surface area contributed by atoms with E-state index in [0.717, 1.165) is 26.1 Å². The molecule has 2 heterocycles. The van der Waals surface area contributed by atoms with Crippen LogP contribution >= 0.6 is 0 Å². The Labute approximate surface area is 115 Å². The van der Waals surface area contributed by atoms with Crippen molar-refractivity contribution in [2.24, 2.45) is 5.73 Å². The van der Waals surface area contributed by atoms with Crippen LogP contribution in [0, 0.1) is 0 Å². The van der Waals surface area contributed by atoms with Crippen molar-refractivity contribution in [3.63, 3.8) is 0 Å². The van der Waals surface area contributed by atoms with Crippen LogP contribution in [0.5, 0.6) is 0 Å². The molecule has 3 unspecified atom stereocenters. The molecule has 3 atom stereocenters. The first kappa shape index (κ1) is 14.8. The second kappa shape index (κ2) is 6.20. The van der Waals surface area contributed by atoms with Crippen molar-refractivity contribution < 1.29 is 14.3 Å². The van der Waals surface area contributed by atoms with Gasteiger partial charge in [0, 0.05) is 13.1 Å². The molecule has 0 aromatic carbocycles. The van der Waals surface area contributed by atoms with Gasteiger partial charge in [-0.3, -0.25) is 9.69 Å². The normalized spacial score (nSPS) is 30.1. The molecule has 2 rings (SSSR count). The van der Waals surface area contributed by atoms with Gasteiger partial charge in [-0.2, -0.15) is 0 Å². The molecule has 5 nitrogen and oxygen atoms in total. The van der Waals surface area contributed by atoms with E-state index in [0.29, 0.717) is 25.2 Å². The topological polar surface area (TPSA) is 64.8 Å². The van der Waals surface area contributed by atoms with Gasteiger partial charge in [-0.1, -0.05) is 0 Å². The maximum Gasteiger partial charge on any atom is 0.325 e. The van der Waals surface area contributed by atoms with Crippen LogP contribution < -0.4 is 5.73 Å². The summed E-state index contributed by atoms with van der Waals surface area (Å²) in [4.78, 5) is 14.1. The summed E-state index contributed by atoms with van der Waals surface area (Å²) < 4.78 is 10.8. The average molecular weight is 270 g/mol. The van der Waals surface area contributed by atoms with E-state index in [1.807, 2.05) is 0 Å². The molecule has 0 saturated carbocycles. The average Bonchev–Trinajstić information content (AvgIpc) is 2.69. The third kappa shape index (κ3) is 3.91. The summed E-state index contributed by atoms with van der Waals surface area (Å²) in [6.07, 6.45) is 4.82. The van der Waals surface area contributed by atoms with Crippen molar-refractivity contribution in [3.8, 4) is 0 Å². The Morgan fingerprint density at radius 1 is 1.42 bits per heavy atom. The summed E-state index contributed by atoms with van der Waals surface area (Å²) in [7, 11) is 0. The van der Waals surface area contributed by atoms with E-state index in [9.17, 15) is 4.79 Å². The lowest BCUT2D eigenvalue weighted by molar-refractivity contribution is -0.149. The number of hydrogen-bond acceptors (Lipinski definition) is 5. The van der Waals surface area contributed by atoms with Crippen molar-refractivity contribution in [3.05, 3.63) is 0 Å². The van der Waals surface area contributed by atoms with Crippen molar-refractivity contribution >= 4 is 5.97 Å². The van der Waals surface area contributed by atoms with Crippen LogP contribution in [0.2, 0.25) is 0 Å². The quantitative estimate of drug-likeness (QED) is 0.727. The van der Waals surface area contributed by atoms with Crippen molar-refractivity contribution in [2.45, 2.75) is 57.3 Å². The molecule has 0 amide bonds. The molecule has 110 valence electrons. The number of rotatable bonds is 6. The Morgan fingerprint density at radius 3 is 2.63 bits per heavy atom. The number of hydrogen-bond donors (Lipinski definition) is 1. The lowest BCUT2D eigenvalue weighted by Gasteiger charge is -2.32. The fourth-order valence-electron chi connectivity index (χ4n) is 2.95. The van der Waals surface area contributed by atoms with Gasteiger partial charge < -0.3 is 15.2 Å². The third-order valence-corrected chi connectivity index (χ3v) is 4.03. The molecule has 2 aliphatic heterocycles. The summed E-state index contributed by atoms with van der Waals surface area (Å²) in [5.74, 6) is -0.294. The Hall–Kier alpha value is -0.650. The van der Waals surface area contributed by atoms with Gasteiger partial charge >= 0.3 is 5.97 Å².